The second kappa shape index (κ2) is 4.02. The van der Waals surface area contributed by atoms with Crippen molar-refractivity contribution in [3.8, 4) is 0 Å². The van der Waals surface area contributed by atoms with Crippen LogP contribution in [0, 0.1) is 0 Å². The Morgan fingerprint density at radius 3 is 3.07 bits per heavy atom. The highest BCUT2D eigenvalue weighted by molar-refractivity contribution is 5.31. The van der Waals surface area contributed by atoms with Gasteiger partial charge in [0.2, 0.25) is 0 Å². The molecule has 1 aromatic heterocycles. The van der Waals surface area contributed by atoms with Gasteiger partial charge < -0.3 is 10.5 Å². The molecule has 82 valence electrons. The minimum atomic E-state index is -0.168. The van der Waals surface area contributed by atoms with E-state index in [2.05, 4.69) is 5.10 Å². The van der Waals surface area contributed by atoms with Crippen LogP contribution >= 0.6 is 0 Å². The molecule has 0 aliphatic carbocycles. The Labute approximate surface area is 87.8 Å². The van der Waals surface area contributed by atoms with E-state index in [-0.39, 0.29) is 11.7 Å². The van der Waals surface area contributed by atoms with Crippen LogP contribution in [0.15, 0.2) is 17.1 Å². The van der Waals surface area contributed by atoms with E-state index in [4.69, 9.17) is 10.5 Å². The third kappa shape index (κ3) is 2.36. The lowest BCUT2D eigenvalue weighted by atomic mass is 10.2. The number of nitrogens with two attached hydrogens (primary N) is 1. The van der Waals surface area contributed by atoms with Crippen LogP contribution < -0.4 is 11.3 Å². The van der Waals surface area contributed by atoms with Crippen molar-refractivity contribution >= 4 is 5.69 Å². The molecule has 2 N–H and O–H groups in total. The Kier molecular flexibility index (Phi) is 2.73. The lowest BCUT2D eigenvalue weighted by Crippen LogP contribution is -2.28. The van der Waals surface area contributed by atoms with Crippen molar-refractivity contribution in [1.82, 2.24) is 9.78 Å². The van der Waals surface area contributed by atoms with Crippen LogP contribution in [-0.2, 0) is 11.3 Å². The Morgan fingerprint density at radius 1 is 1.67 bits per heavy atom. The monoisotopic (exact) mass is 209 g/mol. The van der Waals surface area contributed by atoms with Crippen LogP contribution in [0.3, 0.4) is 0 Å². The molecule has 5 nitrogen and oxygen atoms in total. The molecular formula is C10H15N3O2. The van der Waals surface area contributed by atoms with Crippen molar-refractivity contribution < 1.29 is 4.74 Å². The van der Waals surface area contributed by atoms with E-state index in [1.807, 2.05) is 6.92 Å². The summed E-state index contributed by atoms with van der Waals surface area (Å²) in [7, 11) is 0. The lowest BCUT2D eigenvalue weighted by molar-refractivity contribution is 0.0428. The average Bonchev–Trinajstić information content (AvgIpc) is 2.56. The van der Waals surface area contributed by atoms with E-state index in [0.717, 1.165) is 12.8 Å². The lowest BCUT2D eigenvalue weighted by Gasteiger charge is -2.11. The summed E-state index contributed by atoms with van der Waals surface area (Å²) >= 11 is 0. The summed E-state index contributed by atoms with van der Waals surface area (Å²) in [6, 6.07) is 1.38. The fourth-order valence-corrected chi connectivity index (χ4v) is 1.80. The molecule has 0 amide bonds. The van der Waals surface area contributed by atoms with Crippen LogP contribution in [0.1, 0.15) is 19.8 Å². The number of hydrogen-bond donors (Lipinski definition) is 1. The SMILES string of the molecule is CC1CCC(Cn2ncc(N)cc2=O)O1. The van der Waals surface area contributed by atoms with E-state index in [1.54, 1.807) is 0 Å². The zero-order valence-corrected chi connectivity index (χ0v) is 8.72. The van der Waals surface area contributed by atoms with Gasteiger partial charge in [0.1, 0.15) is 0 Å². The van der Waals surface area contributed by atoms with Gasteiger partial charge in [-0.25, -0.2) is 4.68 Å². The van der Waals surface area contributed by atoms with Gasteiger partial charge in [0.15, 0.2) is 0 Å². The summed E-state index contributed by atoms with van der Waals surface area (Å²) < 4.78 is 7.02. The summed E-state index contributed by atoms with van der Waals surface area (Å²) in [6.45, 7) is 2.56. The maximum absolute atomic E-state index is 11.5. The van der Waals surface area contributed by atoms with E-state index < -0.39 is 0 Å². The Balaban J connectivity index is 2.08. The van der Waals surface area contributed by atoms with Crippen molar-refractivity contribution in [2.24, 2.45) is 0 Å². The molecular weight excluding hydrogens is 194 g/mol. The molecule has 2 unspecified atom stereocenters. The highest BCUT2D eigenvalue weighted by Gasteiger charge is 2.22. The molecule has 5 heteroatoms. The minimum absolute atomic E-state index is 0.105. The Bertz CT molecular complexity index is 402. The van der Waals surface area contributed by atoms with Crippen molar-refractivity contribution in [3.63, 3.8) is 0 Å². The minimum Gasteiger partial charge on any atom is -0.397 e. The summed E-state index contributed by atoms with van der Waals surface area (Å²) in [5, 5.41) is 3.97. The second-order valence-corrected chi connectivity index (χ2v) is 3.96. The molecule has 2 atom stereocenters. The topological polar surface area (TPSA) is 70.1 Å². The van der Waals surface area contributed by atoms with Gasteiger partial charge in [-0.3, -0.25) is 4.79 Å². The van der Waals surface area contributed by atoms with Crippen LogP contribution in [-0.4, -0.2) is 22.0 Å². The van der Waals surface area contributed by atoms with Gasteiger partial charge in [-0.1, -0.05) is 0 Å². The Morgan fingerprint density at radius 2 is 2.47 bits per heavy atom. The van der Waals surface area contributed by atoms with Crippen molar-refractivity contribution in [3.05, 3.63) is 22.6 Å². The quantitative estimate of drug-likeness (QED) is 0.765. The highest BCUT2D eigenvalue weighted by atomic mass is 16.5. The molecule has 15 heavy (non-hydrogen) atoms. The summed E-state index contributed by atoms with van der Waals surface area (Å²) in [5.74, 6) is 0. The average molecular weight is 209 g/mol. The van der Waals surface area contributed by atoms with Gasteiger partial charge in [0.05, 0.1) is 30.6 Å². The molecule has 0 saturated carbocycles. The normalized spacial score (nSPS) is 25.7. The number of anilines is 1. The molecule has 2 rings (SSSR count). The fraction of sp³-hybridized carbons (Fsp3) is 0.600. The molecule has 0 aromatic carbocycles. The molecule has 1 aliphatic heterocycles. The molecule has 1 aliphatic rings. The third-order valence-corrected chi connectivity index (χ3v) is 2.59. The molecule has 1 saturated heterocycles. The molecule has 0 spiro atoms. The molecule has 1 fully saturated rings. The van der Waals surface area contributed by atoms with Gasteiger partial charge in [-0.05, 0) is 19.8 Å². The van der Waals surface area contributed by atoms with Crippen LogP contribution in [0.5, 0.6) is 0 Å². The van der Waals surface area contributed by atoms with Crippen LogP contribution in [0.25, 0.3) is 0 Å². The van der Waals surface area contributed by atoms with Crippen molar-refractivity contribution in [2.45, 2.75) is 38.5 Å². The van der Waals surface area contributed by atoms with Crippen molar-refractivity contribution in [2.75, 3.05) is 5.73 Å². The van der Waals surface area contributed by atoms with Gasteiger partial charge in [0, 0.05) is 6.07 Å². The largest absolute Gasteiger partial charge is 0.397 e. The molecule has 0 bridgehead atoms. The van der Waals surface area contributed by atoms with Gasteiger partial charge in [-0.15, -0.1) is 0 Å². The number of nitrogen functional groups attached to an aromatic ring is 1. The van der Waals surface area contributed by atoms with Crippen LogP contribution in [0.4, 0.5) is 5.69 Å². The maximum Gasteiger partial charge on any atom is 0.268 e. The molecule has 2 heterocycles. The highest BCUT2D eigenvalue weighted by Crippen LogP contribution is 2.19. The fourth-order valence-electron chi connectivity index (χ4n) is 1.80. The zero-order chi connectivity index (χ0) is 10.8. The van der Waals surface area contributed by atoms with Crippen molar-refractivity contribution in [1.29, 1.82) is 0 Å². The summed E-state index contributed by atoms with van der Waals surface area (Å²) in [4.78, 5) is 11.5. The molecule has 1 aromatic rings. The standard InChI is InChI=1S/C10H15N3O2/c1-7-2-3-9(15-7)6-13-10(14)4-8(11)5-12-13/h4-5,7,9H,2-3,6,11H2,1H3. The molecule has 0 radical (unpaired) electrons. The Hall–Kier alpha value is -1.36. The van der Waals surface area contributed by atoms with Gasteiger partial charge in [-0.2, -0.15) is 5.10 Å². The number of hydrogen-bond acceptors (Lipinski definition) is 4. The predicted molar refractivity (Wildman–Crippen MR) is 56.5 cm³/mol. The maximum atomic E-state index is 11.5. The third-order valence-electron chi connectivity index (χ3n) is 2.59. The van der Waals surface area contributed by atoms with Crippen LogP contribution in [0.2, 0.25) is 0 Å². The van der Waals surface area contributed by atoms with E-state index in [0.29, 0.717) is 18.3 Å². The van der Waals surface area contributed by atoms with Gasteiger partial charge >= 0.3 is 0 Å². The van der Waals surface area contributed by atoms with E-state index in [1.165, 1.54) is 16.9 Å². The summed E-state index contributed by atoms with van der Waals surface area (Å²) in [6.07, 6.45) is 3.92. The zero-order valence-electron chi connectivity index (χ0n) is 8.72. The van der Waals surface area contributed by atoms with Gasteiger partial charge in [0.25, 0.3) is 5.56 Å². The first-order valence-corrected chi connectivity index (χ1v) is 5.13. The number of aromatic nitrogens is 2. The first kappa shape index (κ1) is 10.2. The van der Waals surface area contributed by atoms with E-state index in [9.17, 15) is 4.79 Å². The first-order valence-electron chi connectivity index (χ1n) is 5.13. The second-order valence-electron chi connectivity index (χ2n) is 3.96. The smallest absolute Gasteiger partial charge is 0.268 e. The first-order chi connectivity index (χ1) is 7.15. The number of rotatable bonds is 2. The number of ether oxygens (including phenoxy) is 1. The van der Waals surface area contributed by atoms with E-state index >= 15 is 0 Å². The predicted octanol–water partition coefficient (Wildman–Crippen LogP) is 0.393. The summed E-state index contributed by atoms with van der Waals surface area (Å²) in [5.41, 5.74) is 5.68. The number of nitrogens with zero attached hydrogens (tertiary/aromatic N) is 2.